The number of nitro groups is 1. The number of hydrogen-bond acceptors (Lipinski definition) is 4. The minimum atomic E-state index is -4.46. The van der Waals surface area contributed by atoms with E-state index in [2.05, 4.69) is 0 Å². The van der Waals surface area contributed by atoms with E-state index >= 15 is 0 Å². The quantitative estimate of drug-likeness (QED) is 0.626. The van der Waals surface area contributed by atoms with E-state index in [4.69, 9.17) is 0 Å². The number of halogens is 3. The first-order valence-electron chi connectivity index (χ1n) is 6.43. The van der Waals surface area contributed by atoms with Crippen LogP contribution in [0, 0.1) is 16.0 Å². The van der Waals surface area contributed by atoms with Gasteiger partial charge in [-0.3, -0.25) is 10.1 Å². The average molecular weight is 338 g/mol. The summed E-state index contributed by atoms with van der Waals surface area (Å²) in [5.41, 5.74) is -0.426. The van der Waals surface area contributed by atoms with E-state index in [0.717, 1.165) is 22.5 Å². The zero-order valence-electron chi connectivity index (χ0n) is 11.3. The van der Waals surface area contributed by atoms with Gasteiger partial charge in [0.1, 0.15) is 0 Å². The Morgan fingerprint density at radius 3 is 2.59 bits per heavy atom. The van der Waals surface area contributed by atoms with Crippen LogP contribution in [0.1, 0.15) is 12.8 Å². The molecule has 0 saturated carbocycles. The number of alkyl halides is 3. The monoisotopic (exact) mass is 338 g/mol. The molecule has 0 radical (unpaired) electrons. The third-order valence-corrected chi connectivity index (χ3v) is 5.37. The molecule has 1 saturated heterocycles. The SMILES string of the molecule is O=[N+]([O-])c1cccc(S(=O)(=O)N2CCC[C@H](C(F)(F)F)C2)c1. The van der Waals surface area contributed by atoms with Crippen molar-refractivity contribution in [3.05, 3.63) is 34.4 Å². The Balaban J connectivity index is 2.30. The normalized spacial score (nSPS) is 20.8. The van der Waals surface area contributed by atoms with Crippen molar-refractivity contribution in [3.63, 3.8) is 0 Å². The van der Waals surface area contributed by atoms with Crippen LogP contribution in [-0.4, -0.2) is 36.9 Å². The van der Waals surface area contributed by atoms with Gasteiger partial charge in [0.05, 0.1) is 15.7 Å². The van der Waals surface area contributed by atoms with Crippen LogP contribution in [0.15, 0.2) is 29.2 Å². The van der Waals surface area contributed by atoms with Crippen molar-refractivity contribution in [2.75, 3.05) is 13.1 Å². The molecule has 0 amide bonds. The first kappa shape index (κ1) is 16.7. The minimum absolute atomic E-state index is 0.0302. The summed E-state index contributed by atoms with van der Waals surface area (Å²) in [7, 11) is -4.18. The summed E-state index contributed by atoms with van der Waals surface area (Å²) in [4.78, 5) is 9.56. The highest BCUT2D eigenvalue weighted by molar-refractivity contribution is 7.89. The topological polar surface area (TPSA) is 80.5 Å². The Morgan fingerprint density at radius 2 is 2.00 bits per heavy atom. The van der Waals surface area contributed by atoms with E-state index in [-0.39, 0.29) is 24.3 Å². The van der Waals surface area contributed by atoms with Crippen LogP contribution >= 0.6 is 0 Å². The fraction of sp³-hybridized carbons (Fsp3) is 0.500. The number of rotatable bonds is 3. The van der Waals surface area contributed by atoms with Gasteiger partial charge in [-0.15, -0.1) is 0 Å². The maximum atomic E-state index is 12.8. The second-order valence-corrected chi connectivity index (χ2v) is 6.94. The largest absolute Gasteiger partial charge is 0.393 e. The molecule has 0 unspecified atom stereocenters. The summed E-state index contributed by atoms with van der Waals surface area (Å²) in [6, 6.07) is 4.30. The molecule has 0 spiro atoms. The Bertz CT molecular complexity index is 675. The van der Waals surface area contributed by atoms with Gasteiger partial charge in [0.2, 0.25) is 10.0 Å². The van der Waals surface area contributed by atoms with Crippen LogP contribution in [0.4, 0.5) is 18.9 Å². The number of nitro benzene ring substituents is 1. The minimum Gasteiger partial charge on any atom is -0.258 e. The first-order valence-corrected chi connectivity index (χ1v) is 7.87. The lowest BCUT2D eigenvalue weighted by atomic mass is 9.99. The molecule has 6 nitrogen and oxygen atoms in total. The lowest BCUT2D eigenvalue weighted by molar-refractivity contribution is -0.385. The zero-order chi connectivity index (χ0) is 16.5. The molecule has 22 heavy (non-hydrogen) atoms. The molecule has 1 atom stereocenters. The smallest absolute Gasteiger partial charge is 0.258 e. The van der Waals surface area contributed by atoms with Crippen molar-refractivity contribution in [1.82, 2.24) is 4.31 Å². The second kappa shape index (κ2) is 5.84. The number of non-ortho nitro benzene ring substituents is 1. The standard InChI is InChI=1S/C12H13F3N2O4S/c13-12(14,15)9-3-2-6-16(8-9)22(20,21)11-5-1-4-10(7-11)17(18)19/h1,4-5,7,9H,2-3,6,8H2/t9-/m0/s1. The predicted molar refractivity (Wildman–Crippen MR) is 70.6 cm³/mol. The highest BCUT2D eigenvalue weighted by Gasteiger charge is 2.44. The Morgan fingerprint density at radius 1 is 1.32 bits per heavy atom. The molecule has 0 bridgehead atoms. The molecule has 2 rings (SSSR count). The molecule has 1 aromatic rings. The van der Waals surface area contributed by atoms with E-state index in [1.165, 1.54) is 6.07 Å². The van der Waals surface area contributed by atoms with Crippen LogP contribution in [0.25, 0.3) is 0 Å². The van der Waals surface area contributed by atoms with Gasteiger partial charge in [0.15, 0.2) is 0 Å². The molecule has 1 fully saturated rings. The number of benzene rings is 1. The molecule has 1 aliphatic rings. The van der Waals surface area contributed by atoms with Crippen molar-refractivity contribution in [1.29, 1.82) is 0 Å². The van der Waals surface area contributed by atoms with Crippen LogP contribution in [-0.2, 0) is 10.0 Å². The molecule has 0 aromatic heterocycles. The summed E-state index contributed by atoms with van der Waals surface area (Å²) in [5, 5.41) is 10.7. The number of nitrogens with zero attached hydrogens (tertiary/aromatic N) is 2. The third-order valence-electron chi connectivity index (χ3n) is 3.51. The van der Waals surface area contributed by atoms with Gasteiger partial charge < -0.3 is 0 Å². The zero-order valence-corrected chi connectivity index (χ0v) is 12.1. The van der Waals surface area contributed by atoms with Gasteiger partial charge in [0, 0.05) is 25.2 Å². The van der Waals surface area contributed by atoms with Gasteiger partial charge in [-0.2, -0.15) is 17.5 Å². The van der Waals surface area contributed by atoms with Gasteiger partial charge >= 0.3 is 6.18 Å². The summed E-state index contributed by atoms with van der Waals surface area (Å²) in [6.45, 7) is -0.688. The van der Waals surface area contributed by atoms with Gasteiger partial charge in [-0.25, -0.2) is 8.42 Å². The van der Waals surface area contributed by atoms with E-state index in [1.807, 2.05) is 0 Å². The van der Waals surface area contributed by atoms with Crippen molar-refractivity contribution < 1.29 is 26.5 Å². The molecule has 122 valence electrons. The molecule has 1 heterocycles. The molecule has 1 aliphatic heterocycles. The molecular formula is C12H13F3N2O4S. The van der Waals surface area contributed by atoms with E-state index in [9.17, 15) is 31.7 Å². The molecule has 0 aliphatic carbocycles. The number of piperidine rings is 1. The third kappa shape index (κ3) is 3.38. The highest BCUT2D eigenvalue weighted by atomic mass is 32.2. The van der Waals surface area contributed by atoms with Crippen LogP contribution in [0.2, 0.25) is 0 Å². The Kier molecular flexibility index (Phi) is 4.43. The average Bonchev–Trinajstić information content (AvgIpc) is 2.46. The Hall–Kier alpha value is -1.68. The van der Waals surface area contributed by atoms with Crippen molar-refractivity contribution in [2.24, 2.45) is 5.92 Å². The number of hydrogen-bond donors (Lipinski definition) is 0. The van der Waals surface area contributed by atoms with Gasteiger partial charge in [0.25, 0.3) is 5.69 Å². The predicted octanol–water partition coefficient (Wildman–Crippen LogP) is 2.56. The molecule has 10 heteroatoms. The summed E-state index contributed by atoms with van der Waals surface area (Å²) >= 11 is 0. The van der Waals surface area contributed by atoms with Crippen molar-refractivity contribution in [3.8, 4) is 0 Å². The van der Waals surface area contributed by atoms with Crippen LogP contribution in [0.3, 0.4) is 0 Å². The van der Waals surface area contributed by atoms with Crippen molar-refractivity contribution >= 4 is 15.7 Å². The molecule has 1 aromatic carbocycles. The fourth-order valence-electron chi connectivity index (χ4n) is 2.33. The fourth-order valence-corrected chi connectivity index (χ4v) is 3.90. The second-order valence-electron chi connectivity index (χ2n) is 5.00. The highest BCUT2D eigenvalue weighted by Crippen LogP contribution is 2.35. The number of sulfonamides is 1. The molecule has 0 N–H and O–H groups in total. The maximum Gasteiger partial charge on any atom is 0.393 e. The summed E-state index contributed by atoms with van der Waals surface area (Å²) < 4.78 is 63.8. The van der Waals surface area contributed by atoms with E-state index in [1.54, 1.807) is 0 Å². The van der Waals surface area contributed by atoms with Crippen LogP contribution in [0.5, 0.6) is 0 Å². The van der Waals surface area contributed by atoms with Crippen molar-refractivity contribution in [2.45, 2.75) is 23.9 Å². The van der Waals surface area contributed by atoms with Gasteiger partial charge in [-0.05, 0) is 18.9 Å². The molecular weight excluding hydrogens is 325 g/mol. The first-order chi connectivity index (χ1) is 10.1. The summed E-state index contributed by atoms with van der Waals surface area (Å²) in [6.07, 6.45) is -4.49. The lowest BCUT2D eigenvalue weighted by Crippen LogP contribution is -2.44. The van der Waals surface area contributed by atoms with Crippen LogP contribution < -0.4 is 0 Å². The Labute approximate surface area is 124 Å². The lowest BCUT2D eigenvalue weighted by Gasteiger charge is -2.32. The van der Waals surface area contributed by atoms with E-state index < -0.39 is 39.3 Å². The van der Waals surface area contributed by atoms with E-state index in [0.29, 0.717) is 0 Å². The summed E-state index contributed by atoms with van der Waals surface area (Å²) in [5.74, 6) is -1.71. The van der Waals surface area contributed by atoms with Gasteiger partial charge in [-0.1, -0.05) is 6.07 Å². The maximum absolute atomic E-state index is 12.8.